The van der Waals surface area contributed by atoms with Crippen LogP contribution in [-0.2, 0) is 17.7 Å². The van der Waals surface area contributed by atoms with E-state index in [9.17, 15) is 0 Å². The molecule has 0 amide bonds. The van der Waals surface area contributed by atoms with Crippen molar-refractivity contribution in [3.05, 3.63) is 30.0 Å². The van der Waals surface area contributed by atoms with Crippen molar-refractivity contribution < 1.29 is 4.74 Å². The number of methoxy groups -OCH3 is 1. The molecule has 4 heteroatoms. The quantitative estimate of drug-likeness (QED) is 0.812. The molecule has 2 aromatic rings. The third-order valence-corrected chi connectivity index (χ3v) is 4.21. The second-order valence-electron chi connectivity index (χ2n) is 5.59. The summed E-state index contributed by atoms with van der Waals surface area (Å²) in [5.41, 5.74) is 2.42. The number of likely N-dealkylation sites (N-methyl/N-ethyl adjacent to an activating group) is 1. The molecule has 2 unspecified atom stereocenters. The van der Waals surface area contributed by atoms with Crippen molar-refractivity contribution in [3.63, 3.8) is 0 Å². The summed E-state index contributed by atoms with van der Waals surface area (Å²) in [6.07, 6.45) is 3.43. The highest BCUT2D eigenvalue weighted by Crippen LogP contribution is 2.20. The van der Waals surface area contributed by atoms with Gasteiger partial charge in [0.1, 0.15) is 0 Å². The highest BCUT2D eigenvalue weighted by Gasteiger charge is 2.15. The van der Waals surface area contributed by atoms with Crippen LogP contribution in [0.3, 0.4) is 0 Å². The number of nitrogens with zero attached hydrogens (tertiary/aromatic N) is 2. The molecule has 2 atom stereocenters. The van der Waals surface area contributed by atoms with Crippen LogP contribution in [0.4, 0.5) is 0 Å². The average Bonchev–Trinajstić information content (AvgIpc) is 2.89. The van der Waals surface area contributed by atoms with Gasteiger partial charge < -0.3 is 10.1 Å². The fraction of sp³-hybridized carbons (Fsp3) is 0.588. The van der Waals surface area contributed by atoms with Gasteiger partial charge in [-0.15, -0.1) is 0 Å². The van der Waals surface area contributed by atoms with Gasteiger partial charge in [0.25, 0.3) is 0 Å². The molecule has 1 aromatic heterocycles. The first kappa shape index (κ1) is 16.0. The molecule has 21 heavy (non-hydrogen) atoms. The van der Waals surface area contributed by atoms with E-state index in [1.54, 1.807) is 7.11 Å². The van der Waals surface area contributed by atoms with Crippen molar-refractivity contribution in [2.75, 3.05) is 14.2 Å². The van der Waals surface area contributed by atoms with Gasteiger partial charge in [-0.3, -0.25) is 4.68 Å². The van der Waals surface area contributed by atoms with Crippen molar-refractivity contribution in [1.29, 1.82) is 0 Å². The first-order valence-corrected chi connectivity index (χ1v) is 7.84. The zero-order valence-corrected chi connectivity index (χ0v) is 13.6. The Kier molecular flexibility index (Phi) is 5.76. The fourth-order valence-corrected chi connectivity index (χ4v) is 2.72. The number of hydrogen-bond acceptors (Lipinski definition) is 3. The Labute approximate surface area is 127 Å². The Morgan fingerprint density at radius 2 is 2.05 bits per heavy atom. The largest absolute Gasteiger partial charge is 0.382 e. The van der Waals surface area contributed by atoms with Crippen LogP contribution in [0.5, 0.6) is 0 Å². The summed E-state index contributed by atoms with van der Waals surface area (Å²) in [4.78, 5) is 0. The van der Waals surface area contributed by atoms with Crippen LogP contribution in [0.25, 0.3) is 10.9 Å². The van der Waals surface area contributed by atoms with Crippen molar-refractivity contribution in [2.24, 2.45) is 0 Å². The maximum Gasteiger partial charge on any atom is 0.0718 e. The van der Waals surface area contributed by atoms with Crippen LogP contribution in [0.2, 0.25) is 0 Å². The van der Waals surface area contributed by atoms with Gasteiger partial charge in [0.05, 0.1) is 17.3 Å². The van der Waals surface area contributed by atoms with Gasteiger partial charge in [-0.2, -0.15) is 5.10 Å². The lowest BCUT2D eigenvalue weighted by Crippen LogP contribution is -2.29. The molecular formula is C17H27N3O. The zero-order chi connectivity index (χ0) is 15.2. The first-order valence-electron chi connectivity index (χ1n) is 7.84. The molecule has 0 radical (unpaired) electrons. The number of nitrogens with one attached hydrogen (secondary N) is 1. The van der Waals surface area contributed by atoms with E-state index in [1.807, 2.05) is 7.05 Å². The Morgan fingerprint density at radius 1 is 1.29 bits per heavy atom. The number of aryl methyl sites for hydroxylation is 1. The summed E-state index contributed by atoms with van der Waals surface area (Å²) < 4.78 is 7.43. The highest BCUT2D eigenvalue weighted by atomic mass is 16.5. The molecule has 0 bridgehead atoms. The summed E-state index contributed by atoms with van der Waals surface area (Å²) >= 11 is 0. The summed E-state index contributed by atoms with van der Waals surface area (Å²) in [5, 5.41) is 9.48. The van der Waals surface area contributed by atoms with Crippen LogP contribution < -0.4 is 5.32 Å². The highest BCUT2D eigenvalue weighted by molar-refractivity contribution is 5.82. The maximum absolute atomic E-state index is 5.34. The molecule has 0 saturated carbocycles. The summed E-state index contributed by atoms with van der Waals surface area (Å²) in [5.74, 6) is 0. The predicted molar refractivity (Wildman–Crippen MR) is 87.7 cm³/mol. The lowest BCUT2D eigenvalue weighted by molar-refractivity contribution is 0.106. The van der Waals surface area contributed by atoms with Crippen LogP contribution in [0, 0.1) is 0 Å². The third kappa shape index (κ3) is 3.83. The molecule has 0 aliphatic carbocycles. The minimum absolute atomic E-state index is 0.311. The number of fused-ring (bicyclic) bond motifs is 1. The molecule has 0 saturated heterocycles. The van der Waals surface area contributed by atoms with E-state index < -0.39 is 0 Å². The lowest BCUT2D eigenvalue weighted by atomic mass is 10.0. The smallest absolute Gasteiger partial charge is 0.0718 e. The molecule has 0 fully saturated rings. The zero-order valence-electron chi connectivity index (χ0n) is 13.6. The molecule has 2 rings (SSSR count). The van der Waals surface area contributed by atoms with Gasteiger partial charge in [0.2, 0.25) is 0 Å². The van der Waals surface area contributed by atoms with E-state index in [2.05, 4.69) is 48.1 Å². The van der Waals surface area contributed by atoms with E-state index >= 15 is 0 Å². The Bertz CT molecular complexity index is 564. The number of aromatic nitrogens is 2. The fourth-order valence-electron chi connectivity index (χ4n) is 2.72. The van der Waals surface area contributed by atoms with E-state index in [4.69, 9.17) is 9.84 Å². The lowest BCUT2D eigenvalue weighted by Gasteiger charge is -2.17. The molecule has 1 N–H and O–H groups in total. The average molecular weight is 289 g/mol. The Hall–Kier alpha value is -1.39. The molecule has 0 spiro atoms. The normalized spacial score (nSPS) is 14.5. The Balaban J connectivity index is 2.14. The van der Waals surface area contributed by atoms with Gasteiger partial charge in [-0.25, -0.2) is 0 Å². The SMILES string of the molecule is CCn1nc(CC(CCC(C)OC)NC)c2ccccc21. The van der Waals surface area contributed by atoms with E-state index in [0.717, 1.165) is 25.8 Å². The molecule has 1 heterocycles. The second-order valence-corrected chi connectivity index (χ2v) is 5.59. The van der Waals surface area contributed by atoms with Crippen molar-refractivity contribution in [3.8, 4) is 0 Å². The standard InChI is InChI=1S/C17H27N3O/c1-5-20-17-9-7-6-8-15(17)16(19-20)12-14(18-3)11-10-13(2)21-4/h6-9,13-14,18H,5,10-12H2,1-4H3. The Morgan fingerprint density at radius 3 is 2.71 bits per heavy atom. The van der Waals surface area contributed by atoms with Crippen molar-refractivity contribution in [2.45, 2.75) is 51.8 Å². The van der Waals surface area contributed by atoms with Crippen LogP contribution >= 0.6 is 0 Å². The monoisotopic (exact) mass is 289 g/mol. The van der Waals surface area contributed by atoms with Gasteiger partial charge >= 0.3 is 0 Å². The number of para-hydroxylation sites is 1. The summed E-state index contributed by atoms with van der Waals surface area (Å²) in [7, 11) is 3.80. The summed E-state index contributed by atoms with van der Waals surface area (Å²) in [6, 6.07) is 8.93. The molecule has 0 aliphatic rings. The number of benzene rings is 1. The molecule has 0 aliphatic heterocycles. The topological polar surface area (TPSA) is 39.1 Å². The minimum Gasteiger partial charge on any atom is -0.382 e. The van der Waals surface area contributed by atoms with Crippen LogP contribution in [0.1, 0.15) is 32.4 Å². The molecule has 116 valence electrons. The minimum atomic E-state index is 0.311. The van der Waals surface area contributed by atoms with E-state index in [1.165, 1.54) is 16.6 Å². The number of rotatable bonds is 8. The van der Waals surface area contributed by atoms with Gasteiger partial charge in [-0.1, -0.05) is 18.2 Å². The summed E-state index contributed by atoms with van der Waals surface area (Å²) in [6.45, 7) is 5.17. The number of ether oxygens (including phenoxy) is 1. The molecule has 4 nitrogen and oxygen atoms in total. The third-order valence-electron chi connectivity index (χ3n) is 4.21. The predicted octanol–water partition coefficient (Wildman–Crippen LogP) is 3.00. The first-order chi connectivity index (χ1) is 10.2. The van der Waals surface area contributed by atoms with Gasteiger partial charge in [0.15, 0.2) is 0 Å². The number of hydrogen-bond donors (Lipinski definition) is 1. The molecule has 1 aromatic carbocycles. The van der Waals surface area contributed by atoms with E-state index in [-0.39, 0.29) is 0 Å². The molecular weight excluding hydrogens is 262 g/mol. The second kappa shape index (κ2) is 7.57. The van der Waals surface area contributed by atoms with Gasteiger partial charge in [0, 0.05) is 31.5 Å². The van der Waals surface area contributed by atoms with Crippen molar-refractivity contribution in [1.82, 2.24) is 15.1 Å². The van der Waals surface area contributed by atoms with E-state index in [0.29, 0.717) is 12.1 Å². The van der Waals surface area contributed by atoms with Crippen molar-refractivity contribution >= 4 is 10.9 Å². The van der Waals surface area contributed by atoms with Gasteiger partial charge in [-0.05, 0) is 39.8 Å². The van der Waals surface area contributed by atoms with Crippen LogP contribution in [0.15, 0.2) is 24.3 Å². The van der Waals surface area contributed by atoms with Crippen LogP contribution in [-0.4, -0.2) is 36.1 Å². The maximum atomic E-state index is 5.34.